The van der Waals surface area contributed by atoms with Crippen molar-refractivity contribution in [1.82, 2.24) is 10.2 Å². The first-order chi connectivity index (χ1) is 12.1. The summed E-state index contributed by atoms with van der Waals surface area (Å²) in [6.07, 6.45) is 4.86. The Labute approximate surface area is 149 Å². The van der Waals surface area contributed by atoms with Crippen LogP contribution < -0.4 is 5.32 Å². The molecule has 1 aliphatic heterocycles. The van der Waals surface area contributed by atoms with Crippen LogP contribution >= 0.6 is 0 Å². The van der Waals surface area contributed by atoms with E-state index in [1.165, 1.54) is 5.56 Å². The molecule has 0 spiro atoms. The van der Waals surface area contributed by atoms with Crippen molar-refractivity contribution in [1.29, 1.82) is 0 Å². The van der Waals surface area contributed by atoms with Crippen LogP contribution in [-0.2, 0) is 16.0 Å². The normalized spacial score (nSPS) is 25.0. The molecule has 0 aromatic heterocycles. The Morgan fingerprint density at radius 3 is 2.36 bits per heavy atom. The summed E-state index contributed by atoms with van der Waals surface area (Å²) in [6.45, 7) is 3.09. The number of carbonyl (C=O) groups excluding carboxylic acids is 1. The number of carboxylic acids is 1. The lowest BCUT2D eigenvalue weighted by Gasteiger charge is -2.32. The molecule has 1 aromatic rings. The lowest BCUT2D eigenvalue weighted by atomic mass is 10.0. The van der Waals surface area contributed by atoms with Gasteiger partial charge in [-0.05, 0) is 44.1 Å². The SMILES string of the molecule is O=C(O)[C@@H]1CC[C@H](C(=O)NC2CCN(CCc3ccccc3)CC2)C1. The van der Waals surface area contributed by atoms with Crippen molar-refractivity contribution in [3.8, 4) is 0 Å². The fraction of sp³-hybridized carbons (Fsp3) is 0.600. The lowest BCUT2D eigenvalue weighted by Crippen LogP contribution is -2.46. The Kier molecular flexibility index (Phi) is 6.08. The summed E-state index contributed by atoms with van der Waals surface area (Å²) in [7, 11) is 0. The van der Waals surface area contributed by atoms with Crippen LogP contribution in [0.2, 0.25) is 0 Å². The highest BCUT2D eigenvalue weighted by Crippen LogP contribution is 2.31. The van der Waals surface area contributed by atoms with Crippen LogP contribution in [0.4, 0.5) is 0 Å². The van der Waals surface area contributed by atoms with E-state index in [9.17, 15) is 9.59 Å². The van der Waals surface area contributed by atoms with Gasteiger partial charge < -0.3 is 15.3 Å². The van der Waals surface area contributed by atoms with Gasteiger partial charge in [0.15, 0.2) is 0 Å². The number of piperidine rings is 1. The van der Waals surface area contributed by atoms with Gasteiger partial charge >= 0.3 is 5.97 Å². The first kappa shape index (κ1) is 17.9. The highest BCUT2D eigenvalue weighted by atomic mass is 16.4. The predicted molar refractivity (Wildman–Crippen MR) is 96.2 cm³/mol. The Hall–Kier alpha value is -1.88. The number of hydrogen-bond donors (Lipinski definition) is 2. The monoisotopic (exact) mass is 344 g/mol. The summed E-state index contributed by atoms with van der Waals surface area (Å²) in [5.41, 5.74) is 1.37. The van der Waals surface area contributed by atoms with Gasteiger partial charge in [-0.1, -0.05) is 30.3 Å². The molecular weight excluding hydrogens is 316 g/mol. The molecule has 5 nitrogen and oxygen atoms in total. The predicted octanol–water partition coefficient (Wildman–Crippen LogP) is 2.31. The van der Waals surface area contributed by atoms with Crippen LogP contribution in [0.3, 0.4) is 0 Å². The van der Waals surface area contributed by atoms with Crippen molar-refractivity contribution < 1.29 is 14.7 Å². The zero-order valence-electron chi connectivity index (χ0n) is 14.7. The van der Waals surface area contributed by atoms with E-state index in [0.29, 0.717) is 19.3 Å². The summed E-state index contributed by atoms with van der Waals surface area (Å²) in [6, 6.07) is 10.8. The third-order valence-corrected chi connectivity index (χ3v) is 5.65. The van der Waals surface area contributed by atoms with Crippen LogP contribution in [0.5, 0.6) is 0 Å². The molecule has 2 fully saturated rings. The molecular formula is C20H28N2O3. The van der Waals surface area contributed by atoms with Gasteiger partial charge in [-0.15, -0.1) is 0 Å². The summed E-state index contributed by atoms with van der Waals surface area (Å²) in [4.78, 5) is 25.8. The molecule has 1 saturated heterocycles. The van der Waals surface area contributed by atoms with Gasteiger partial charge in [-0.25, -0.2) is 0 Å². The van der Waals surface area contributed by atoms with Gasteiger partial charge in [0, 0.05) is 31.6 Å². The van der Waals surface area contributed by atoms with Gasteiger partial charge in [0.2, 0.25) is 5.91 Å². The molecule has 3 rings (SSSR count). The molecule has 1 aliphatic carbocycles. The largest absolute Gasteiger partial charge is 0.481 e. The molecule has 2 atom stereocenters. The Bertz CT molecular complexity index is 582. The fourth-order valence-corrected chi connectivity index (χ4v) is 4.00. The second kappa shape index (κ2) is 8.48. The highest BCUT2D eigenvalue weighted by Gasteiger charge is 2.34. The zero-order chi connectivity index (χ0) is 17.6. The maximum absolute atomic E-state index is 12.4. The molecule has 0 bridgehead atoms. The van der Waals surface area contributed by atoms with E-state index in [0.717, 1.165) is 38.9 Å². The van der Waals surface area contributed by atoms with Crippen LogP contribution in [0.15, 0.2) is 30.3 Å². The smallest absolute Gasteiger partial charge is 0.306 e. The third kappa shape index (κ3) is 5.05. The van der Waals surface area contributed by atoms with Gasteiger partial charge in [-0.3, -0.25) is 9.59 Å². The van der Waals surface area contributed by atoms with Crippen molar-refractivity contribution in [2.24, 2.45) is 11.8 Å². The molecule has 2 N–H and O–H groups in total. The Morgan fingerprint density at radius 2 is 1.72 bits per heavy atom. The maximum atomic E-state index is 12.4. The van der Waals surface area contributed by atoms with Crippen molar-refractivity contribution in [2.75, 3.05) is 19.6 Å². The summed E-state index contributed by atoms with van der Waals surface area (Å²) < 4.78 is 0. The molecule has 0 radical (unpaired) electrons. The van der Waals surface area contributed by atoms with E-state index in [2.05, 4.69) is 34.5 Å². The second-order valence-electron chi connectivity index (χ2n) is 7.41. The molecule has 1 aromatic carbocycles. The van der Waals surface area contributed by atoms with Crippen LogP contribution in [0.1, 0.15) is 37.7 Å². The maximum Gasteiger partial charge on any atom is 0.306 e. The number of likely N-dealkylation sites (tertiary alicyclic amines) is 1. The molecule has 136 valence electrons. The summed E-state index contributed by atoms with van der Waals surface area (Å²) >= 11 is 0. The minimum absolute atomic E-state index is 0.0616. The van der Waals surface area contributed by atoms with Gasteiger partial charge in [0.1, 0.15) is 0 Å². The first-order valence-corrected chi connectivity index (χ1v) is 9.41. The molecule has 1 saturated carbocycles. The number of aliphatic carboxylic acids is 1. The molecule has 5 heteroatoms. The van der Waals surface area contributed by atoms with Gasteiger partial charge in [0.05, 0.1) is 5.92 Å². The number of carbonyl (C=O) groups is 2. The van der Waals surface area contributed by atoms with Crippen molar-refractivity contribution in [2.45, 2.75) is 44.6 Å². The minimum Gasteiger partial charge on any atom is -0.481 e. The van der Waals surface area contributed by atoms with E-state index in [4.69, 9.17) is 5.11 Å². The van der Waals surface area contributed by atoms with Crippen molar-refractivity contribution in [3.05, 3.63) is 35.9 Å². The van der Waals surface area contributed by atoms with E-state index in [1.807, 2.05) is 6.07 Å². The second-order valence-corrected chi connectivity index (χ2v) is 7.41. The highest BCUT2D eigenvalue weighted by molar-refractivity contribution is 5.81. The number of hydrogen-bond acceptors (Lipinski definition) is 3. The standard InChI is InChI=1S/C20H28N2O3/c23-19(16-6-7-17(14-16)20(24)25)21-18-9-12-22(13-10-18)11-8-15-4-2-1-3-5-15/h1-5,16-18H,6-14H2,(H,21,23)(H,24,25)/t16-,17+/m0/s1. The number of nitrogens with zero attached hydrogens (tertiary/aromatic N) is 1. The number of rotatable bonds is 6. The Morgan fingerprint density at radius 1 is 1.04 bits per heavy atom. The van der Waals surface area contributed by atoms with E-state index in [1.54, 1.807) is 0 Å². The molecule has 1 amide bonds. The van der Waals surface area contributed by atoms with Gasteiger partial charge in [-0.2, -0.15) is 0 Å². The topological polar surface area (TPSA) is 69.6 Å². The average Bonchev–Trinajstić information content (AvgIpc) is 3.13. The van der Waals surface area contributed by atoms with Crippen LogP contribution in [0.25, 0.3) is 0 Å². The quantitative estimate of drug-likeness (QED) is 0.831. The summed E-state index contributed by atoms with van der Waals surface area (Å²) in [5, 5.41) is 12.2. The van der Waals surface area contributed by atoms with E-state index < -0.39 is 5.97 Å². The Balaban J connectivity index is 1.36. The third-order valence-electron chi connectivity index (χ3n) is 5.65. The average molecular weight is 344 g/mol. The van der Waals surface area contributed by atoms with E-state index >= 15 is 0 Å². The van der Waals surface area contributed by atoms with E-state index in [-0.39, 0.29) is 23.8 Å². The molecule has 1 heterocycles. The number of amides is 1. The molecule has 0 unspecified atom stereocenters. The van der Waals surface area contributed by atoms with Crippen molar-refractivity contribution in [3.63, 3.8) is 0 Å². The first-order valence-electron chi connectivity index (χ1n) is 9.41. The molecule has 25 heavy (non-hydrogen) atoms. The molecule has 2 aliphatic rings. The fourth-order valence-electron chi connectivity index (χ4n) is 4.00. The van der Waals surface area contributed by atoms with Gasteiger partial charge in [0.25, 0.3) is 0 Å². The number of benzene rings is 1. The van der Waals surface area contributed by atoms with Crippen LogP contribution in [-0.4, -0.2) is 47.6 Å². The van der Waals surface area contributed by atoms with Crippen molar-refractivity contribution >= 4 is 11.9 Å². The summed E-state index contributed by atoms with van der Waals surface area (Å²) in [5.74, 6) is -1.15. The minimum atomic E-state index is -0.762. The zero-order valence-corrected chi connectivity index (χ0v) is 14.7. The number of carboxylic acid groups (broad SMARTS) is 1. The van der Waals surface area contributed by atoms with Crippen LogP contribution in [0, 0.1) is 11.8 Å². The number of nitrogens with one attached hydrogen (secondary N) is 1. The lowest BCUT2D eigenvalue weighted by molar-refractivity contribution is -0.141.